The molecule has 6 nitrogen and oxygen atoms in total. The van der Waals surface area contributed by atoms with Gasteiger partial charge in [0.2, 0.25) is 0 Å². The van der Waals surface area contributed by atoms with Gasteiger partial charge in [-0.1, -0.05) is 11.8 Å². The second-order valence-electron chi connectivity index (χ2n) is 4.45. The summed E-state index contributed by atoms with van der Waals surface area (Å²) < 4.78 is 9.26. The lowest BCUT2D eigenvalue weighted by molar-refractivity contribution is 0.0591. The molecule has 0 radical (unpaired) electrons. The van der Waals surface area contributed by atoms with E-state index in [1.165, 1.54) is 50.6 Å². The molecular formula is C16H14O6S. The molecule has 0 bridgehead atoms. The molecule has 2 rings (SSSR count). The van der Waals surface area contributed by atoms with Crippen molar-refractivity contribution in [3.05, 3.63) is 47.5 Å². The van der Waals surface area contributed by atoms with E-state index in [1.54, 1.807) is 0 Å². The highest BCUT2D eigenvalue weighted by Crippen LogP contribution is 2.39. The SMILES string of the molecule is COC(=O)c1ccc(O)c(Sc2cc(C(=O)OC)ccc2O)c1. The Morgan fingerprint density at radius 1 is 0.826 bits per heavy atom. The summed E-state index contributed by atoms with van der Waals surface area (Å²) in [5.74, 6) is -1.21. The van der Waals surface area contributed by atoms with E-state index in [2.05, 4.69) is 9.47 Å². The zero-order chi connectivity index (χ0) is 17.0. The van der Waals surface area contributed by atoms with Crippen LogP contribution in [0.15, 0.2) is 46.2 Å². The van der Waals surface area contributed by atoms with Crippen molar-refractivity contribution in [1.82, 2.24) is 0 Å². The Morgan fingerprint density at radius 2 is 1.22 bits per heavy atom. The van der Waals surface area contributed by atoms with Crippen LogP contribution in [0.1, 0.15) is 20.7 Å². The number of hydrogen-bond acceptors (Lipinski definition) is 7. The van der Waals surface area contributed by atoms with Gasteiger partial charge in [0.1, 0.15) is 11.5 Å². The molecule has 7 heteroatoms. The van der Waals surface area contributed by atoms with Gasteiger partial charge in [0, 0.05) is 0 Å². The van der Waals surface area contributed by atoms with Crippen LogP contribution in [0, 0.1) is 0 Å². The van der Waals surface area contributed by atoms with Crippen LogP contribution in [-0.4, -0.2) is 36.4 Å². The van der Waals surface area contributed by atoms with Crippen LogP contribution < -0.4 is 0 Å². The fraction of sp³-hybridized carbons (Fsp3) is 0.125. The van der Waals surface area contributed by atoms with Crippen LogP contribution >= 0.6 is 11.8 Å². The number of aromatic hydroxyl groups is 2. The first-order valence-corrected chi connectivity index (χ1v) is 7.28. The molecule has 0 spiro atoms. The van der Waals surface area contributed by atoms with E-state index in [0.717, 1.165) is 11.8 Å². The molecule has 0 atom stereocenters. The Morgan fingerprint density at radius 3 is 1.57 bits per heavy atom. The van der Waals surface area contributed by atoms with Crippen molar-refractivity contribution >= 4 is 23.7 Å². The molecule has 0 saturated carbocycles. The van der Waals surface area contributed by atoms with Crippen LogP contribution in [0.3, 0.4) is 0 Å². The molecule has 0 aliphatic heterocycles. The Labute approximate surface area is 136 Å². The molecule has 0 aliphatic rings. The van der Waals surface area contributed by atoms with Crippen LogP contribution in [-0.2, 0) is 9.47 Å². The van der Waals surface area contributed by atoms with Crippen LogP contribution in [0.5, 0.6) is 11.5 Å². The Hall–Kier alpha value is -2.67. The topological polar surface area (TPSA) is 93.1 Å². The van der Waals surface area contributed by atoms with Gasteiger partial charge in [-0.05, 0) is 36.4 Å². The normalized spacial score (nSPS) is 10.2. The number of phenolic OH excluding ortho intramolecular Hbond substituents is 2. The van der Waals surface area contributed by atoms with Gasteiger partial charge in [-0.25, -0.2) is 9.59 Å². The van der Waals surface area contributed by atoms with Gasteiger partial charge in [-0.2, -0.15) is 0 Å². The smallest absolute Gasteiger partial charge is 0.337 e. The first kappa shape index (κ1) is 16.7. The lowest BCUT2D eigenvalue weighted by Gasteiger charge is -2.09. The van der Waals surface area contributed by atoms with Crippen LogP contribution in [0.25, 0.3) is 0 Å². The third kappa shape index (κ3) is 3.75. The Kier molecular flexibility index (Phi) is 5.13. The molecule has 0 aliphatic carbocycles. The first-order valence-electron chi connectivity index (χ1n) is 6.46. The van der Waals surface area contributed by atoms with E-state index >= 15 is 0 Å². The van der Waals surface area contributed by atoms with E-state index in [0.29, 0.717) is 9.79 Å². The molecule has 120 valence electrons. The van der Waals surface area contributed by atoms with Crippen molar-refractivity contribution in [2.24, 2.45) is 0 Å². The van der Waals surface area contributed by atoms with Gasteiger partial charge in [-0.3, -0.25) is 0 Å². The van der Waals surface area contributed by atoms with Gasteiger partial charge in [0.15, 0.2) is 0 Å². The van der Waals surface area contributed by atoms with Crippen LogP contribution in [0.2, 0.25) is 0 Å². The second kappa shape index (κ2) is 7.06. The number of methoxy groups -OCH3 is 2. The molecule has 0 unspecified atom stereocenters. The van der Waals surface area contributed by atoms with Crippen molar-refractivity contribution < 1.29 is 29.3 Å². The van der Waals surface area contributed by atoms with E-state index in [9.17, 15) is 19.8 Å². The highest BCUT2D eigenvalue weighted by molar-refractivity contribution is 7.99. The minimum Gasteiger partial charge on any atom is -0.507 e. The van der Waals surface area contributed by atoms with E-state index in [1.807, 2.05) is 0 Å². The quantitative estimate of drug-likeness (QED) is 0.830. The number of rotatable bonds is 4. The number of carbonyl (C=O) groups is 2. The molecule has 2 N–H and O–H groups in total. The molecule has 2 aromatic rings. The van der Waals surface area contributed by atoms with Gasteiger partial charge in [0.05, 0.1) is 35.1 Å². The number of hydrogen-bond donors (Lipinski definition) is 2. The molecule has 2 aromatic carbocycles. The number of ether oxygens (including phenoxy) is 2. The van der Waals surface area contributed by atoms with E-state index in [-0.39, 0.29) is 22.6 Å². The largest absolute Gasteiger partial charge is 0.507 e. The molecule has 0 saturated heterocycles. The highest BCUT2D eigenvalue weighted by Gasteiger charge is 2.14. The standard InChI is InChI=1S/C16H14O6S/c1-21-15(19)9-3-5-11(17)13(7-9)23-14-8-10(16(20)22-2)4-6-12(14)18/h3-8,17-18H,1-2H3. The van der Waals surface area contributed by atoms with Crippen molar-refractivity contribution in [3.63, 3.8) is 0 Å². The monoisotopic (exact) mass is 334 g/mol. The van der Waals surface area contributed by atoms with Gasteiger partial charge < -0.3 is 19.7 Å². The summed E-state index contributed by atoms with van der Waals surface area (Å²) in [6.07, 6.45) is 0. The summed E-state index contributed by atoms with van der Waals surface area (Å²) in [4.78, 5) is 23.8. The molecule has 23 heavy (non-hydrogen) atoms. The second-order valence-corrected chi connectivity index (χ2v) is 5.53. The minimum atomic E-state index is -0.542. The van der Waals surface area contributed by atoms with Crippen molar-refractivity contribution in [3.8, 4) is 11.5 Å². The van der Waals surface area contributed by atoms with E-state index < -0.39 is 11.9 Å². The van der Waals surface area contributed by atoms with Gasteiger partial charge in [-0.15, -0.1) is 0 Å². The average Bonchev–Trinajstić information content (AvgIpc) is 2.57. The zero-order valence-corrected chi connectivity index (χ0v) is 13.2. The first-order chi connectivity index (χ1) is 11.0. The van der Waals surface area contributed by atoms with Crippen molar-refractivity contribution in [2.75, 3.05) is 14.2 Å². The summed E-state index contributed by atoms with van der Waals surface area (Å²) in [7, 11) is 2.52. The highest BCUT2D eigenvalue weighted by atomic mass is 32.2. The predicted molar refractivity (Wildman–Crippen MR) is 83.0 cm³/mol. The Balaban J connectivity index is 2.38. The van der Waals surface area contributed by atoms with E-state index in [4.69, 9.17) is 0 Å². The third-order valence-electron chi connectivity index (χ3n) is 2.98. The summed E-state index contributed by atoms with van der Waals surface area (Å²) in [6.45, 7) is 0. The summed E-state index contributed by atoms with van der Waals surface area (Å²) >= 11 is 1.01. The minimum absolute atomic E-state index is 0.0643. The zero-order valence-electron chi connectivity index (χ0n) is 12.4. The van der Waals surface area contributed by atoms with Crippen molar-refractivity contribution in [1.29, 1.82) is 0 Å². The fourth-order valence-electron chi connectivity index (χ4n) is 1.80. The average molecular weight is 334 g/mol. The number of phenols is 2. The molecule has 0 aromatic heterocycles. The predicted octanol–water partition coefficient (Wildman–Crippen LogP) is 2.82. The third-order valence-corrected chi connectivity index (χ3v) is 4.08. The maximum atomic E-state index is 11.6. The number of esters is 2. The van der Waals surface area contributed by atoms with Crippen molar-refractivity contribution in [2.45, 2.75) is 9.79 Å². The van der Waals surface area contributed by atoms with Gasteiger partial charge >= 0.3 is 11.9 Å². The molecule has 0 fully saturated rings. The summed E-state index contributed by atoms with van der Waals surface area (Å²) in [6, 6.07) is 8.45. The lowest BCUT2D eigenvalue weighted by Crippen LogP contribution is -2.01. The number of benzene rings is 2. The molecule has 0 heterocycles. The molecule has 0 amide bonds. The molecular weight excluding hydrogens is 320 g/mol. The number of carbonyl (C=O) groups excluding carboxylic acids is 2. The maximum Gasteiger partial charge on any atom is 0.337 e. The lowest BCUT2D eigenvalue weighted by atomic mass is 10.2. The van der Waals surface area contributed by atoms with Crippen LogP contribution in [0.4, 0.5) is 0 Å². The maximum absolute atomic E-state index is 11.6. The Bertz CT molecular complexity index is 693. The summed E-state index contributed by atoms with van der Waals surface area (Å²) in [5.41, 5.74) is 0.521. The van der Waals surface area contributed by atoms with Gasteiger partial charge in [0.25, 0.3) is 0 Å². The fourth-order valence-corrected chi connectivity index (χ4v) is 2.75. The summed E-state index contributed by atoms with van der Waals surface area (Å²) in [5, 5.41) is 19.8.